The van der Waals surface area contributed by atoms with Gasteiger partial charge in [0.1, 0.15) is 11.5 Å². The highest BCUT2D eigenvalue weighted by molar-refractivity contribution is 7.91. The minimum Gasteiger partial charge on any atom is -0.354 e. The summed E-state index contributed by atoms with van der Waals surface area (Å²) in [4.78, 5) is 16.2. The van der Waals surface area contributed by atoms with Crippen molar-refractivity contribution in [1.29, 1.82) is 0 Å². The van der Waals surface area contributed by atoms with Crippen molar-refractivity contribution in [2.24, 2.45) is 0 Å². The summed E-state index contributed by atoms with van der Waals surface area (Å²) in [5.41, 5.74) is 1.57. The SMILES string of the molecule is O=C(NC1CCS(=O)(=O)C1)c1ccc(Nc2ccc(F)cc2)cn1. The van der Waals surface area contributed by atoms with E-state index < -0.39 is 15.7 Å². The van der Waals surface area contributed by atoms with Crippen molar-refractivity contribution in [3.8, 4) is 0 Å². The van der Waals surface area contributed by atoms with Crippen molar-refractivity contribution in [1.82, 2.24) is 10.3 Å². The molecule has 0 saturated carbocycles. The first-order chi connectivity index (χ1) is 11.4. The molecule has 1 aromatic carbocycles. The molecule has 2 aromatic rings. The van der Waals surface area contributed by atoms with E-state index in [1.807, 2.05) is 0 Å². The minimum atomic E-state index is -3.04. The van der Waals surface area contributed by atoms with Gasteiger partial charge in [-0.1, -0.05) is 0 Å². The Balaban J connectivity index is 1.61. The molecule has 8 heteroatoms. The van der Waals surface area contributed by atoms with E-state index in [9.17, 15) is 17.6 Å². The third kappa shape index (κ3) is 4.08. The van der Waals surface area contributed by atoms with E-state index >= 15 is 0 Å². The van der Waals surface area contributed by atoms with Gasteiger partial charge in [0.05, 0.1) is 23.4 Å². The number of benzene rings is 1. The van der Waals surface area contributed by atoms with Gasteiger partial charge in [-0.3, -0.25) is 4.79 Å². The zero-order chi connectivity index (χ0) is 17.2. The Bertz CT molecular complexity index is 836. The lowest BCUT2D eigenvalue weighted by molar-refractivity contribution is 0.0936. The molecule has 126 valence electrons. The number of rotatable bonds is 4. The van der Waals surface area contributed by atoms with Crippen LogP contribution in [0.4, 0.5) is 15.8 Å². The predicted octanol–water partition coefficient (Wildman–Crippen LogP) is 1.88. The molecule has 1 fully saturated rings. The molecule has 1 atom stereocenters. The maximum Gasteiger partial charge on any atom is 0.270 e. The number of nitrogens with one attached hydrogen (secondary N) is 2. The van der Waals surface area contributed by atoms with Crippen molar-refractivity contribution in [3.63, 3.8) is 0 Å². The highest BCUT2D eigenvalue weighted by atomic mass is 32.2. The number of nitrogens with zero attached hydrogens (tertiary/aromatic N) is 1. The van der Waals surface area contributed by atoms with E-state index in [0.717, 1.165) is 0 Å². The molecule has 0 bridgehead atoms. The normalized spacial score (nSPS) is 19.0. The molecule has 1 aliphatic rings. The summed E-state index contributed by atoms with van der Waals surface area (Å²) in [6.07, 6.45) is 1.92. The fourth-order valence-corrected chi connectivity index (χ4v) is 4.14. The number of hydrogen-bond donors (Lipinski definition) is 2. The zero-order valence-corrected chi connectivity index (χ0v) is 13.5. The van der Waals surface area contributed by atoms with E-state index in [1.54, 1.807) is 24.3 Å². The van der Waals surface area contributed by atoms with Gasteiger partial charge in [0.25, 0.3) is 5.91 Å². The second-order valence-electron chi connectivity index (χ2n) is 5.64. The lowest BCUT2D eigenvalue weighted by Gasteiger charge is -2.11. The van der Waals surface area contributed by atoms with Crippen molar-refractivity contribution in [2.75, 3.05) is 16.8 Å². The van der Waals surface area contributed by atoms with Crippen LogP contribution in [-0.2, 0) is 9.84 Å². The number of hydrogen-bond acceptors (Lipinski definition) is 5. The first-order valence-electron chi connectivity index (χ1n) is 7.41. The van der Waals surface area contributed by atoms with Crippen LogP contribution in [0.15, 0.2) is 42.6 Å². The fraction of sp³-hybridized carbons (Fsp3) is 0.250. The van der Waals surface area contributed by atoms with Gasteiger partial charge in [0.15, 0.2) is 9.84 Å². The standard InChI is InChI=1S/C16H16FN3O3S/c17-11-1-3-12(4-2-11)19-13-5-6-15(18-9-13)16(21)20-14-7-8-24(22,23)10-14/h1-6,9,14,19H,7-8,10H2,(H,20,21). The molecule has 24 heavy (non-hydrogen) atoms. The summed E-state index contributed by atoms with van der Waals surface area (Å²) < 4.78 is 35.7. The molecule has 2 heterocycles. The molecule has 1 aliphatic heterocycles. The molecule has 0 aliphatic carbocycles. The summed E-state index contributed by atoms with van der Waals surface area (Å²) in [7, 11) is -3.04. The number of sulfone groups is 1. The second kappa shape index (κ2) is 6.56. The van der Waals surface area contributed by atoms with Gasteiger partial charge < -0.3 is 10.6 Å². The second-order valence-corrected chi connectivity index (χ2v) is 7.87. The molecule has 0 spiro atoms. The van der Waals surface area contributed by atoms with Crippen LogP contribution in [0.2, 0.25) is 0 Å². The predicted molar refractivity (Wildman–Crippen MR) is 88.4 cm³/mol. The number of carbonyl (C=O) groups is 1. The summed E-state index contributed by atoms with van der Waals surface area (Å²) in [5.74, 6) is -0.639. The molecule has 1 saturated heterocycles. The van der Waals surface area contributed by atoms with Crippen LogP contribution in [-0.4, -0.2) is 36.9 Å². The zero-order valence-electron chi connectivity index (χ0n) is 12.7. The molecule has 0 radical (unpaired) electrons. The molecule has 2 N–H and O–H groups in total. The maximum absolute atomic E-state index is 12.9. The Morgan fingerprint density at radius 2 is 1.83 bits per heavy atom. The topological polar surface area (TPSA) is 88.2 Å². The Hall–Kier alpha value is -2.48. The summed E-state index contributed by atoms with van der Waals surface area (Å²) in [6.45, 7) is 0. The van der Waals surface area contributed by atoms with E-state index in [1.165, 1.54) is 18.3 Å². The Morgan fingerprint density at radius 3 is 2.42 bits per heavy atom. The van der Waals surface area contributed by atoms with Gasteiger partial charge >= 0.3 is 0 Å². The highest BCUT2D eigenvalue weighted by Gasteiger charge is 2.29. The Labute approximate surface area is 139 Å². The van der Waals surface area contributed by atoms with Gasteiger partial charge in [0.2, 0.25) is 0 Å². The molecular weight excluding hydrogens is 333 g/mol. The average Bonchev–Trinajstić information content (AvgIpc) is 2.89. The fourth-order valence-electron chi connectivity index (χ4n) is 2.47. The van der Waals surface area contributed by atoms with Gasteiger partial charge in [-0.2, -0.15) is 0 Å². The average molecular weight is 349 g/mol. The molecule has 3 rings (SSSR count). The first-order valence-corrected chi connectivity index (χ1v) is 9.23. The lowest BCUT2D eigenvalue weighted by atomic mass is 10.2. The number of halogens is 1. The molecular formula is C16H16FN3O3S. The van der Waals surface area contributed by atoms with E-state index in [4.69, 9.17) is 0 Å². The summed E-state index contributed by atoms with van der Waals surface area (Å²) >= 11 is 0. The Kier molecular flexibility index (Phi) is 4.48. The van der Waals surface area contributed by atoms with Gasteiger partial charge in [-0.15, -0.1) is 0 Å². The minimum absolute atomic E-state index is 0.0249. The maximum atomic E-state index is 12.9. The quantitative estimate of drug-likeness (QED) is 0.880. The van der Waals surface area contributed by atoms with Crippen LogP contribution in [0.3, 0.4) is 0 Å². The van der Waals surface area contributed by atoms with Crippen LogP contribution >= 0.6 is 0 Å². The molecule has 6 nitrogen and oxygen atoms in total. The van der Waals surface area contributed by atoms with Crippen LogP contribution in [0.5, 0.6) is 0 Å². The highest BCUT2D eigenvalue weighted by Crippen LogP contribution is 2.16. The molecule has 1 aromatic heterocycles. The van der Waals surface area contributed by atoms with E-state index in [2.05, 4.69) is 15.6 Å². The van der Waals surface area contributed by atoms with Crippen LogP contribution in [0, 0.1) is 5.82 Å². The number of pyridine rings is 1. The van der Waals surface area contributed by atoms with Crippen molar-refractivity contribution < 1.29 is 17.6 Å². The van der Waals surface area contributed by atoms with Crippen LogP contribution < -0.4 is 10.6 Å². The number of carbonyl (C=O) groups excluding carboxylic acids is 1. The monoisotopic (exact) mass is 349 g/mol. The largest absolute Gasteiger partial charge is 0.354 e. The summed E-state index contributed by atoms with van der Waals surface area (Å²) in [5, 5.41) is 5.72. The number of anilines is 2. The number of aromatic nitrogens is 1. The van der Waals surface area contributed by atoms with Gasteiger partial charge in [0, 0.05) is 11.7 Å². The van der Waals surface area contributed by atoms with E-state index in [0.29, 0.717) is 17.8 Å². The summed E-state index contributed by atoms with van der Waals surface area (Å²) in [6, 6.07) is 8.73. The van der Waals surface area contributed by atoms with Crippen molar-refractivity contribution in [2.45, 2.75) is 12.5 Å². The smallest absolute Gasteiger partial charge is 0.270 e. The van der Waals surface area contributed by atoms with Crippen LogP contribution in [0.25, 0.3) is 0 Å². The third-order valence-electron chi connectivity index (χ3n) is 3.70. The molecule has 1 amide bonds. The third-order valence-corrected chi connectivity index (χ3v) is 5.46. The Morgan fingerprint density at radius 1 is 1.12 bits per heavy atom. The van der Waals surface area contributed by atoms with E-state index in [-0.39, 0.29) is 29.1 Å². The first kappa shape index (κ1) is 16.4. The van der Waals surface area contributed by atoms with Gasteiger partial charge in [-0.05, 0) is 42.8 Å². The number of amides is 1. The van der Waals surface area contributed by atoms with Gasteiger partial charge in [-0.25, -0.2) is 17.8 Å². The van der Waals surface area contributed by atoms with Crippen molar-refractivity contribution >= 4 is 27.1 Å². The molecule has 1 unspecified atom stereocenters. The van der Waals surface area contributed by atoms with Crippen LogP contribution in [0.1, 0.15) is 16.9 Å². The van der Waals surface area contributed by atoms with Crippen molar-refractivity contribution in [3.05, 3.63) is 54.1 Å². The lowest BCUT2D eigenvalue weighted by Crippen LogP contribution is -2.36.